The summed E-state index contributed by atoms with van der Waals surface area (Å²) in [7, 11) is -0.959. The molecule has 2 aromatic rings. The van der Waals surface area contributed by atoms with E-state index in [1.165, 1.54) is 21.1 Å². The molecule has 0 saturated carbocycles. The molecule has 0 aliphatic rings. The Bertz CT molecular complexity index is 1080. The van der Waals surface area contributed by atoms with E-state index >= 15 is 0 Å². The van der Waals surface area contributed by atoms with E-state index in [4.69, 9.17) is 9.15 Å². The molecular formula is C22H32N4O8S. The van der Waals surface area contributed by atoms with Gasteiger partial charge in [0.2, 0.25) is 15.9 Å². The fourth-order valence-electron chi connectivity index (χ4n) is 3.33. The number of carbonyl (C=O) groups is 2. The summed E-state index contributed by atoms with van der Waals surface area (Å²) >= 11 is 0. The van der Waals surface area contributed by atoms with Crippen LogP contribution in [0.1, 0.15) is 29.4 Å². The van der Waals surface area contributed by atoms with Crippen LogP contribution >= 0.6 is 0 Å². The fourth-order valence-corrected chi connectivity index (χ4v) is 3.70. The van der Waals surface area contributed by atoms with Crippen molar-refractivity contribution in [2.45, 2.75) is 44.1 Å². The maximum absolute atomic E-state index is 12.9. The third-order valence-electron chi connectivity index (χ3n) is 5.30. The van der Waals surface area contributed by atoms with Gasteiger partial charge in [-0.3, -0.25) is 9.59 Å². The molecule has 4 N–H and O–H groups in total. The Morgan fingerprint density at radius 2 is 1.77 bits per heavy atom. The Morgan fingerprint density at radius 3 is 2.34 bits per heavy atom. The van der Waals surface area contributed by atoms with Crippen molar-refractivity contribution in [3.05, 3.63) is 47.9 Å². The smallest absolute Gasteiger partial charge is 0.311 e. The van der Waals surface area contributed by atoms with Crippen LogP contribution in [0.5, 0.6) is 0 Å². The largest absolute Gasteiger partial charge is 0.430 e. The molecule has 0 aliphatic heterocycles. The molecule has 1 heterocycles. The number of rotatable bonds is 13. The van der Waals surface area contributed by atoms with Crippen LogP contribution in [0.4, 0.5) is 6.01 Å². The number of aliphatic hydroxyl groups is 2. The molecule has 12 nitrogen and oxygen atoms in total. The molecule has 0 spiro atoms. The van der Waals surface area contributed by atoms with Crippen molar-refractivity contribution < 1.29 is 37.4 Å². The average Bonchev–Trinajstić information content (AvgIpc) is 3.30. The van der Waals surface area contributed by atoms with Gasteiger partial charge in [-0.1, -0.05) is 30.3 Å². The molecule has 0 aliphatic carbocycles. The van der Waals surface area contributed by atoms with E-state index in [1.54, 1.807) is 24.3 Å². The van der Waals surface area contributed by atoms with Gasteiger partial charge >= 0.3 is 6.01 Å². The minimum atomic E-state index is -3.66. The Morgan fingerprint density at radius 1 is 1.14 bits per heavy atom. The lowest BCUT2D eigenvalue weighted by Crippen LogP contribution is -2.56. The number of benzene rings is 1. The van der Waals surface area contributed by atoms with Crippen molar-refractivity contribution in [2.75, 3.05) is 31.3 Å². The maximum atomic E-state index is 12.9. The molecule has 4 atom stereocenters. The quantitative estimate of drug-likeness (QED) is 0.281. The number of nitrogens with zero attached hydrogens (tertiary/aromatic N) is 2. The highest BCUT2D eigenvalue weighted by Gasteiger charge is 2.34. The molecule has 35 heavy (non-hydrogen) atoms. The summed E-state index contributed by atoms with van der Waals surface area (Å²) in [6, 6.07) is 6.86. The minimum Gasteiger partial charge on any atom is -0.430 e. The SMILES string of the molecule is COCC[C@@H](NC(C)=O)[C@@H](O)[C@H](O)[C@H](Cc1ccccc1)NC(=O)c1coc(N(C)S(C)(=O)=O)n1. The van der Waals surface area contributed by atoms with Gasteiger partial charge in [-0.05, 0) is 18.4 Å². The van der Waals surface area contributed by atoms with E-state index in [0.29, 0.717) is 0 Å². The van der Waals surface area contributed by atoms with Crippen molar-refractivity contribution in [2.24, 2.45) is 0 Å². The number of aliphatic hydroxyl groups excluding tert-OH is 2. The minimum absolute atomic E-state index is 0.149. The molecule has 0 radical (unpaired) electrons. The highest BCUT2D eigenvalue weighted by atomic mass is 32.2. The van der Waals surface area contributed by atoms with E-state index < -0.39 is 46.1 Å². The number of aromatic nitrogens is 1. The molecule has 13 heteroatoms. The summed E-state index contributed by atoms with van der Waals surface area (Å²) in [5.41, 5.74) is 0.558. The molecule has 0 bridgehead atoms. The van der Waals surface area contributed by atoms with Gasteiger partial charge < -0.3 is 30.0 Å². The fraction of sp³-hybridized carbons (Fsp3) is 0.500. The number of amides is 2. The summed E-state index contributed by atoms with van der Waals surface area (Å²) in [5, 5.41) is 27.1. The van der Waals surface area contributed by atoms with Gasteiger partial charge in [-0.2, -0.15) is 4.98 Å². The molecule has 2 amide bonds. The van der Waals surface area contributed by atoms with E-state index in [1.807, 2.05) is 6.07 Å². The average molecular weight is 513 g/mol. The molecule has 1 aromatic heterocycles. The van der Waals surface area contributed by atoms with Crippen LogP contribution in [0, 0.1) is 0 Å². The normalized spacial score (nSPS) is 15.0. The van der Waals surface area contributed by atoms with E-state index in [9.17, 15) is 28.2 Å². The predicted molar refractivity (Wildman–Crippen MR) is 127 cm³/mol. The van der Waals surface area contributed by atoms with E-state index in [-0.39, 0.29) is 31.2 Å². The standard InChI is InChI=1S/C22H32N4O8S/c1-14(27)23-16(10-11-33-3)19(28)20(29)17(12-15-8-6-5-7-9-15)24-21(30)18-13-34-22(25-18)26(2)35(4,31)32/h5-9,13,16-17,19-20,28-29H,10-12H2,1-4H3,(H,23,27)(H,24,30)/t16-,17+,19-,20-/m1/s1. The number of ether oxygens (including phenoxy) is 1. The molecule has 194 valence electrons. The number of nitrogens with one attached hydrogen (secondary N) is 2. The van der Waals surface area contributed by atoms with Gasteiger partial charge in [-0.25, -0.2) is 12.7 Å². The van der Waals surface area contributed by atoms with Crippen LogP contribution in [0.2, 0.25) is 0 Å². The van der Waals surface area contributed by atoms with Crippen LogP contribution < -0.4 is 14.9 Å². The molecule has 0 fully saturated rings. The topological polar surface area (TPSA) is 171 Å². The van der Waals surface area contributed by atoms with Crippen LogP contribution in [0.15, 0.2) is 41.0 Å². The van der Waals surface area contributed by atoms with Crippen LogP contribution in [0.3, 0.4) is 0 Å². The number of methoxy groups -OCH3 is 1. The van der Waals surface area contributed by atoms with Crippen molar-refractivity contribution >= 4 is 27.9 Å². The lowest BCUT2D eigenvalue weighted by atomic mass is 9.92. The second kappa shape index (κ2) is 12.6. The molecule has 0 unspecified atom stereocenters. The first kappa shape index (κ1) is 28.2. The lowest BCUT2D eigenvalue weighted by Gasteiger charge is -2.32. The van der Waals surface area contributed by atoms with Gasteiger partial charge in [-0.15, -0.1) is 0 Å². The molecule has 1 aromatic carbocycles. The molecular weight excluding hydrogens is 480 g/mol. The summed E-state index contributed by atoms with van der Waals surface area (Å²) in [6.07, 6.45) is -0.599. The van der Waals surface area contributed by atoms with Gasteiger partial charge in [0.25, 0.3) is 5.91 Å². The second-order valence-electron chi connectivity index (χ2n) is 8.09. The Hall–Kier alpha value is -3.00. The lowest BCUT2D eigenvalue weighted by molar-refractivity contribution is -0.121. The van der Waals surface area contributed by atoms with Gasteiger partial charge in [0, 0.05) is 27.7 Å². The number of carbonyl (C=O) groups excluding carboxylic acids is 2. The summed E-state index contributed by atoms with van der Waals surface area (Å²) < 4.78 is 34.3. The third kappa shape index (κ3) is 8.31. The predicted octanol–water partition coefficient (Wildman–Crippen LogP) is -0.325. The van der Waals surface area contributed by atoms with Crippen LogP contribution in [0.25, 0.3) is 0 Å². The number of oxazole rings is 1. The molecule has 2 rings (SSSR count). The monoisotopic (exact) mass is 512 g/mol. The Labute approximate surface area is 204 Å². The maximum Gasteiger partial charge on any atom is 0.311 e. The van der Waals surface area contributed by atoms with Gasteiger partial charge in [0.05, 0.1) is 18.3 Å². The Balaban J connectivity index is 2.27. The summed E-state index contributed by atoms with van der Waals surface area (Å²) in [4.78, 5) is 28.4. The van der Waals surface area contributed by atoms with Crippen molar-refractivity contribution in [1.29, 1.82) is 0 Å². The van der Waals surface area contributed by atoms with Crippen molar-refractivity contribution in [3.63, 3.8) is 0 Å². The first-order valence-corrected chi connectivity index (χ1v) is 12.6. The van der Waals surface area contributed by atoms with Crippen LogP contribution in [-0.4, -0.2) is 86.7 Å². The van der Waals surface area contributed by atoms with Crippen molar-refractivity contribution in [3.8, 4) is 0 Å². The van der Waals surface area contributed by atoms with E-state index in [0.717, 1.165) is 22.4 Å². The van der Waals surface area contributed by atoms with Crippen molar-refractivity contribution in [1.82, 2.24) is 15.6 Å². The highest BCUT2D eigenvalue weighted by molar-refractivity contribution is 7.92. The number of anilines is 1. The Kier molecular flexibility index (Phi) is 10.2. The zero-order valence-electron chi connectivity index (χ0n) is 20.0. The highest BCUT2D eigenvalue weighted by Crippen LogP contribution is 2.17. The second-order valence-corrected chi connectivity index (χ2v) is 10.1. The molecule has 0 saturated heterocycles. The zero-order chi connectivity index (χ0) is 26.2. The summed E-state index contributed by atoms with van der Waals surface area (Å²) in [5.74, 6) is -1.15. The zero-order valence-corrected chi connectivity index (χ0v) is 20.9. The van der Waals surface area contributed by atoms with Crippen LogP contribution in [-0.2, 0) is 26.0 Å². The van der Waals surface area contributed by atoms with Gasteiger partial charge in [0.15, 0.2) is 5.69 Å². The number of hydrogen-bond acceptors (Lipinski definition) is 9. The first-order valence-electron chi connectivity index (χ1n) is 10.8. The first-order chi connectivity index (χ1) is 16.4. The van der Waals surface area contributed by atoms with E-state index in [2.05, 4.69) is 15.6 Å². The van der Waals surface area contributed by atoms with Gasteiger partial charge in [0.1, 0.15) is 18.5 Å². The number of hydrogen-bond donors (Lipinski definition) is 4. The number of sulfonamides is 1. The summed E-state index contributed by atoms with van der Waals surface area (Å²) in [6.45, 7) is 1.51. The third-order valence-corrected chi connectivity index (χ3v) is 6.45.